The number of benzene rings is 1. The van der Waals surface area contributed by atoms with Gasteiger partial charge in [-0.1, -0.05) is 12.8 Å². The van der Waals surface area contributed by atoms with Crippen LogP contribution in [0.25, 0.3) is 0 Å². The molecule has 112 valence electrons. The number of phenols is 1. The molecule has 2 rings (SSSR count). The lowest BCUT2D eigenvalue weighted by Gasteiger charge is -2.24. The van der Waals surface area contributed by atoms with Gasteiger partial charge in [0.25, 0.3) is 0 Å². The topological polar surface area (TPSA) is 44.7 Å². The summed E-state index contributed by atoms with van der Waals surface area (Å²) in [7, 11) is 3.85. The van der Waals surface area contributed by atoms with Gasteiger partial charge in [0.2, 0.25) is 0 Å². The summed E-state index contributed by atoms with van der Waals surface area (Å²) in [6.07, 6.45) is 5.43. The third-order valence-corrected chi connectivity index (χ3v) is 4.19. The Balaban J connectivity index is 1.72. The zero-order valence-electron chi connectivity index (χ0n) is 12.6. The number of nitrogens with one attached hydrogen (secondary N) is 1. The van der Waals surface area contributed by atoms with Crippen molar-refractivity contribution in [3.8, 4) is 11.5 Å². The molecule has 0 unspecified atom stereocenters. The van der Waals surface area contributed by atoms with E-state index in [1.165, 1.54) is 25.7 Å². The molecule has 1 saturated carbocycles. The van der Waals surface area contributed by atoms with Crippen LogP contribution >= 0.6 is 0 Å². The first kappa shape index (κ1) is 15.1. The van der Waals surface area contributed by atoms with E-state index >= 15 is 0 Å². The Kier molecular flexibility index (Phi) is 5.68. The van der Waals surface area contributed by atoms with Gasteiger partial charge in [-0.05, 0) is 38.1 Å². The van der Waals surface area contributed by atoms with Crippen molar-refractivity contribution in [3.63, 3.8) is 0 Å². The number of ether oxygens (including phenoxy) is 1. The summed E-state index contributed by atoms with van der Waals surface area (Å²) >= 11 is 0. The third-order valence-electron chi connectivity index (χ3n) is 4.19. The minimum absolute atomic E-state index is 0.322. The summed E-state index contributed by atoms with van der Waals surface area (Å²) in [5.74, 6) is 1.10. The van der Waals surface area contributed by atoms with Crippen molar-refractivity contribution in [2.75, 3.05) is 27.2 Å². The smallest absolute Gasteiger partial charge is 0.120 e. The van der Waals surface area contributed by atoms with Crippen LogP contribution in [-0.4, -0.2) is 43.3 Å². The molecule has 0 heterocycles. The number of aromatic hydroxyl groups is 1. The maximum Gasteiger partial charge on any atom is 0.120 e. The van der Waals surface area contributed by atoms with Crippen LogP contribution in [-0.2, 0) is 6.54 Å². The summed E-state index contributed by atoms with van der Waals surface area (Å²) < 4.78 is 5.17. The van der Waals surface area contributed by atoms with Crippen molar-refractivity contribution in [1.82, 2.24) is 10.2 Å². The van der Waals surface area contributed by atoms with E-state index in [4.69, 9.17) is 4.74 Å². The molecular weight excluding hydrogens is 252 g/mol. The van der Waals surface area contributed by atoms with E-state index < -0.39 is 0 Å². The van der Waals surface area contributed by atoms with Crippen molar-refractivity contribution < 1.29 is 9.84 Å². The molecule has 1 aliphatic rings. The summed E-state index contributed by atoms with van der Waals surface area (Å²) in [5, 5.41) is 13.2. The zero-order chi connectivity index (χ0) is 14.4. The molecule has 1 aromatic rings. The Bertz CT molecular complexity index is 417. The van der Waals surface area contributed by atoms with Crippen LogP contribution in [0.15, 0.2) is 18.2 Å². The molecule has 0 aliphatic heterocycles. The highest BCUT2D eigenvalue weighted by Crippen LogP contribution is 2.23. The second-order valence-electron chi connectivity index (χ2n) is 5.59. The molecule has 1 aromatic carbocycles. The van der Waals surface area contributed by atoms with Crippen molar-refractivity contribution in [2.24, 2.45) is 0 Å². The Morgan fingerprint density at radius 3 is 2.80 bits per heavy atom. The van der Waals surface area contributed by atoms with Crippen LogP contribution in [0.3, 0.4) is 0 Å². The van der Waals surface area contributed by atoms with Gasteiger partial charge in [-0.3, -0.25) is 0 Å². The van der Waals surface area contributed by atoms with Gasteiger partial charge >= 0.3 is 0 Å². The van der Waals surface area contributed by atoms with Crippen molar-refractivity contribution in [1.29, 1.82) is 0 Å². The molecule has 0 spiro atoms. The van der Waals surface area contributed by atoms with Gasteiger partial charge in [-0.15, -0.1) is 0 Å². The molecule has 4 heteroatoms. The second kappa shape index (κ2) is 7.50. The van der Waals surface area contributed by atoms with Crippen molar-refractivity contribution >= 4 is 0 Å². The van der Waals surface area contributed by atoms with E-state index in [1.54, 1.807) is 19.2 Å². The van der Waals surface area contributed by atoms with E-state index in [0.717, 1.165) is 30.4 Å². The SMILES string of the molecule is COc1ccc(O)c(CNCCN(C)C2CCCC2)c1. The Morgan fingerprint density at radius 1 is 1.35 bits per heavy atom. The Morgan fingerprint density at radius 2 is 2.10 bits per heavy atom. The number of hydrogen-bond donors (Lipinski definition) is 2. The Hall–Kier alpha value is -1.26. The standard InChI is InChI=1S/C16H26N2O2/c1-18(14-5-3-4-6-14)10-9-17-12-13-11-15(20-2)7-8-16(13)19/h7-8,11,14,17,19H,3-6,9-10,12H2,1-2H3. The molecular formula is C16H26N2O2. The summed E-state index contributed by atoms with van der Waals surface area (Å²) in [6, 6.07) is 6.10. The summed E-state index contributed by atoms with van der Waals surface area (Å²) in [5.41, 5.74) is 0.882. The number of methoxy groups -OCH3 is 1. The van der Waals surface area contributed by atoms with Crippen LogP contribution in [0.4, 0.5) is 0 Å². The van der Waals surface area contributed by atoms with Gasteiger partial charge in [-0.25, -0.2) is 0 Å². The summed E-state index contributed by atoms with van der Waals surface area (Å²) in [4.78, 5) is 2.45. The lowest BCUT2D eigenvalue weighted by Crippen LogP contribution is -2.35. The van der Waals surface area contributed by atoms with Crippen LogP contribution in [0.1, 0.15) is 31.2 Å². The van der Waals surface area contributed by atoms with Crippen molar-refractivity contribution in [3.05, 3.63) is 23.8 Å². The number of phenolic OH excluding ortho intramolecular Hbond substituents is 1. The van der Waals surface area contributed by atoms with E-state index in [9.17, 15) is 5.11 Å². The van der Waals surface area contributed by atoms with Gasteiger partial charge < -0.3 is 20.1 Å². The molecule has 20 heavy (non-hydrogen) atoms. The average Bonchev–Trinajstić information content (AvgIpc) is 2.99. The molecule has 0 bridgehead atoms. The highest BCUT2D eigenvalue weighted by atomic mass is 16.5. The van der Waals surface area contributed by atoms with Gasteiger partial charge in [0, 0.05) is 31.2 Å². The van der Waals surface area contributed by atoms with Gasteiger partial charge in [-0.2, -0.15) is 0 Å². The average molecular weight is 278 g/mol. The van der Waals surface area contributed by atoms with Crippen LogP contribution < -0.4 is 10.1 Å². The first-order valence-electron chi connectivity index (χ1n) is 7.47. The third kappa shape index (κ3) is 4.12. The van der Waals surface area contributed by atoms with Crippen LogP contribution in [0.5, 0.6) is 11.5 Å². The maximum atomic E-state index is 9.81. The molecule has 4 nitrogen and oxygen atoms in total. The fraction of sp³-hybridized carbons (Fsp3) is 0.625. The quantitative estimate of drug-likeness (QED) is 0.752. The molecule has 1 fully saturated rings. The normalized spacial score (nSPS) is 15.9. The number of likely N-dealkylation sites (N-methyl/N-ethyl adjacent to an activating group) is 1. The monoisotopic (exact) mass is 278 g/mol. The number of hydrogen-bond acceptors (Lipinski definition) is 4. The van der Waals surface area contributed by atoms with Crippen LogP contribution in [0.2, 0.25) is 0 Å². The first-order chi connectivity index (χ1) is 9.70. The molecule has 2 N–H and O–H groups in total. The van der Waals surface area contributed by atoms with E-state index in [0.29, 0.717) is 12.3 Å². The predicted octanol–water partition coefficient (Wildman–Crippen LogP) is 2.36. The molecule has 0 saturated heterocycles. The van der Waals surface area contributed by atoms with E-state index in [2.05, 4.69) is 17.3 Å². The van der Waals surface area contributed by atoms with E-state index in [1.807, 2.05) is 6.07 Å². The molecule has 0 atom stereocenters. The maximum absolute atomic E-state index is 9.81. The highest BCUT2D eigenvalue weighted by Gasteiger charge is 2.18. The minimum Gasteiger partial charge on any atom is -0.508 e. The predicted molar refractivity (Wildman–Crippen MR) is 81.3 cm³/mol. The fourth-order valence-corrected chi connectivity index (χ4v) is 2.84. The fourth-order valence-electron chi connectivity index (χ4n) is 2.84. The van der Waals surface area contributed by atoms with E-state index in [-0.39, 0.29) is 0 Å². The zero-order valence-corrected chi connectivity index (χ0v) is 12.6. The summed E-state index contributed by atoms with van der Waals surface area (Å²) in [6.45, 7) is 2.65. The lowest BCUT2D eigenvalue weighted by molar-refractivity contribution is 0.245. The first-order valence-corrected chi connectivity index (χ1v) is 7.47. The molecule has 1 aliphatic carbocycles. The lowest BCUT2D eigenvalue weighted by atomic mass is 10.2. The second-order valence-corrected chi connectivity index (χ2v) is 5.59. The van der Waals surface area contributed by atoms with Crippen molar-refractivity contribution in [2.45, 2.75) is 38.3 Å². The molecule has 0 radical (unpaired) electrons. The Labute approximate surface area is 121 Å². The van der Waals surface area contributed by atoms with Gasteiger partial charge in [0.05, 0.1) is 7.11 Å². The highest BCUT2D eigenvalue weighted by molar-refractivity contribution is 5.39. The molecule has 0 amide bonds. The minimum atomic E-state index is 0.322. The van der Waals surface area contributed by atoms with Gasteiger partial charge in [0.1, 0.15) is 11.5 Å². The largest absolute Gasteiger partial charge is 0.508 e. The number of nitrogens with zero attached hydrogens (tertiary/aromatic N) is 1. The number of rotatable bonds is 7. The van der Waals surface area contributed by atoms with Gasteiger partial charge in [0.15, 0.2) is 0 Å². The van der Waals surface area contributed by atoms with Crippen LogP contribution in [0, 0.1) is 0 Å². The molecule has 0 aromatic heterocycles.